The molecule has 1 nitrogen and oxygen atoms in total. The van der Waals surface area contributed by atoms with Crippen molar-refractivity contribution in [2.24, 2.45) is 17.3 Å². The van der Waals surface area contributed by atoms with Crippen LogP contribution in [0.4, 0.5) is 0 Å². The summed E-state index contributed by atoms with van der Waals surface area (Å²) in [6.07, 6.45) is 4.43. The van der Waals surface area contributed by atoms with Gasteiger partial charge >= 0.3 is 0 Å². The lowest BCUT2D eigenvalue weighted by Crippen LogP contribution is -2.50. The van der Waals surface area contributed by atoms with Gasteiger partial charge in [0.25, 0.3) is 0 Å². The molecule has 62 valence electrons. The summed E-state index contributed by atoms with van der Waals surface area (Å²) in [7, 11) is 0. The van der Waals surface area contributed by atoms with Gasteiger partial charge < -0.3 is 0 Å². The number of Topliss-reactive ketones (excluding diaryl/α,β-unsaturated/α-hetero) is 1. The van der Waals surface area contributed by atoms with Crippen molar-refractivity contribution in [3.8, 4) is 0 Å². The lowest BCUT2D eigenvalue weighted by atomic mass is 9.50. The highest BCUT2D eigenvalue weighted by molar-refractivity contribution is 5.83. The molecule has 1 heteroatoms. The van der Waals surface area contributed by atoms with E-state index >= 15 is 0 Å². The first kappa shape index (κ1) is 7.33. The summed E-state index contributed by atoms with van der Waals surface area (Å²) >= 11 is 0. The Bertz CT molecular complexity index is 197. The Kier molecular flexibility index (Phi) is 1.39. The van der Waals surface area contributed by atoms with Crippen LogP contribution in [0.15, 0.2) is 0 Å². The highest BCUT2D eigenvalue weighted by Crippen LogP contribution is 2.56. The van der Waals surface area contributed by atoms with Crippen LogP contribution in [0.3, 0.4) is 0 Å². The molecule has 0 spiro atoms. The largest absolute Gasteiger partial charge is 0.299 e. The Balaban J connectivity index is 2.21. The van der Waals surface area contributed by atoms with Crippen LogP contribution in [0.5, 0.6) is 0 Å². The van der Waals surface area contributed by atoms with Crippen LogP contribution in [0.1, 0.15) is 39.5 Å². The second-order valence-electron chi connectivity index (χ2n) is 4.50. The molecule has 0 amide bonds. The van der Waals surface area contributed by atoms with Crippen molar-refractivity contribution in [3.63, 3.8) is 0 Å². The molecule has 0 radical (unpaired) electrons. The lowest BCUT2D eigenvalue weighted by molar-refractivity contribution is -0.143. The van der Waals surface area contributed by atoms with Crippen LogP contribution in [0, 0.1) is 17.3 Å². The van der Waals surface area contributed by atoms with Gasteiger partial charge in [-0.05, 0) is 30.6 Å². The van der Waals surface area contributed by atoms with Gasteiger partial charge in [-0.25, -0.2) is 0 Å². The van der Waals surface area contributed by atoms with Gasteiger partial charge in [-0.3, -0.25) is 4.79 Å². The van der Waals surface area contributed by atoms with Gasteiger partial charge in [0, 0.05) is 12.3 Å². The highest BCUT2D eigenvalue weighted by Gasteiger charge is 2.52. The summed E-state index contributed by atoms with van der Waals surface area (Å²) in [4.78, 5) is 11.4. The van der Waals surface area contributed by atoms with Gasteiger partial charge in [0.15, 0.2) is 0 Å². The van der Waals surface area contributed by atoms with Crippen molar-refractivity contribution in [1.82, 2.24) is 0 Å². The SMILES string of the molecule is C[C@@H]1CCC(=O)C2CC[C@@]21C. The average Bonchev–Trinajstić information content (AvgIpc) is 1.94. The van der Waals surface area contributed by atoms with E-state index in [2.05, 4.69) is 13.8 Å². The summed E-state index contributed by atoms with van der Waals surface area (Å²) in [5, 5.41) is 0. The predicted octanol–water partition coefficient (Wildman–Crippen LogP) is 2.40. The van der Waals surface area contributed by atoms with E-state index in [4.69, 9.17) is 0 Å². The third-order valence-electron chi connectivity index (χ3n) is 4.11. The molecule has 0 aromatic heterocycles. The summed E-state index contributed by atoms with van der Waals surface area (Å²) in [6.45, 7) is 4.60. The lowest BCUT2D eigenvalue weighted by Gasteiger charge is -2.53. The maximum Gasteiger partial charge on any atom is 0.136 e. The number of hydrogen-bond donors (Lipinski definition) is 0. The standard InChI is InChI=1S/C10H16O/c1-7-3-4-9(11)8-5-6-10(7,8)2/h7-8H,3-6H2,1-2H3/t7-,8?,10-/m1/s1. The Hall–Kier alpha value is -0.330. The minimum absolute atomic E-state index is 0.398. The van der Waals surface area contributed by atoms with Gasteiger partial charge in [0.2, 0.25) is 0 Å². The highest BCUT2D eigenvalue weighted by atomic mass is 16.1. The van der Waals surface area contributed by atoms with Gasteiger partial charge in [-0.15, -0.1) is 0 Å². The van der Waals surface area contributed by atoms with E-state index in [1.54, 1.807) is 0 Å². The van der Waals surface area contributed by atoms with Crippen LogP contribution in [-0.2, 0) is 4.79 Å². The summed E-state index contributed by atoms with van der Waals surface area (Å²) in [5.74, 6) is 1.75. The molecule has 0 aliphatic heterocycles. The average molecular weight is 152 g/mol. The molecular weight excluding hydrogens is 136 g/mol. The van der Waals surface area contributed by atoms with E-state index in [0.29, 0.717) is 17.1 Å². The normalized spacial score (nSPS) is 49.8. The Morgan fingerprint density at radius 1 is 1.45 bits per heavy atom. The predicted molar refractivity (Wildman–Crippen MR) is 44.2 cm³/mol. The third-order valence-corrected chi connectivity index (χ3v) is 4.11. The number of carbonyl (C=O) groups excluding carboxylic acids is 1. The first-order valence-electron chi connectivity index (χ1n) is 4.67. The first-order chi connectivity index (χ1) is 5.14. The van der Waals surface area contributed by atoms with Crippen LogP contribution in [0.2, 0.25) is 0 Å². The van der Waals surface area contributed by atoms with E-state index in [1.165, 1.54) is 12.8 Å². The molecule has 11 heavy (non-hydrogen) atoms. The maximum absolute atomic E-state index is 11.4. The van der Waals surface area contributed by atoms with Crippen molar-refractivity contribution in [2.45, 2.75) is 39.5 Å². The van der Waals surface area contributed by atoms with E-state index in [1.807, 2.05) is 0 Å². The molecule has 2 aliphatic rings. The van der Waals surface area contributed by atoms with E-state index in [-0.39, 0.29) is 0 Å². The zero-order valence-electron chi connectivity index (χ0n) is 7.39. The monoisotopic (exact) mass is 152 g/mol. The first-order valence-corrected chi connectivity index (χ1v) is 4.67. The summed E-state index contributed by atoms with van der Waals surface area (Å²) in [5.41, 5.74) is 0.398. The van der Waals surface area contributed by atoms with E-state index < -0.39 is 0 Å². The van der Waals surface area contributed by atoms with Gasteiger partial charge in [-0.1, -0.05) is 13.8 Å². The van der Waals surface area contributed by atoms with Crippen LogP contribution in [0.25, 0.3) is 0 Å². The molecule has 2 saturated carbocycles. The number of ketones is 1. The molecule has 0 aromatic rings. The van der Waals surface area contributed by atoms with Gasteiger partial charge in [-0.2, -0.15) is 0 Å². The maximum atomic E-state index is 11.4. The number of fused-ring (bicyclic) bond motifs is 1. The Morgan fingerprint density at radius 3 is 2.64 bits per heavy atom. The molecule has 3 atom stereocenters. The van der Waals surface area contributed by atoms with Gasteiger partial charge in [0.1, 0.15) is 5.78 Å². The minimum Gasteiger partial charge on any atom is -0.299 e. The summed E-state index contributed by atoms with van der Waals surface area (Å²) in [6, 6.07) is 0. The molecule has 0 aromatic carbocycles. The molecular formula is C10H16O. The Morgan fingerprint density at radius 2 is 2.18 bits per heavy atom. The van der Waals surface area contributed by atoms with E-state index in [0.717, 1.165) is 18.8 Å². The second kappa shape index (κ2) is 2.09. The second-order valence-corrected chi connectivity index (χ2v) is 4.50. The van der Waals surface area contributed by atoms with E-state index in [9.17, 15) is 4.79 Å². The number of rotatable bonds is 0. The van der Waals surface area contributed by atoms with Crippen molar-refractivity contribution < 1.29 is 4.79 Å². The van der Waals surface area contributed by atoms with Crippen LogP contribution >= 0.6 is 0 Å². The van der Waals surface area contributed by atoms with Crippen molar-refractivity contribution in [1.29, 1.82) is 0 Å². The van der Waals surface area contributed by atoms with Crippen LogP contribution in [-0.4, -0.2) is 5.78 Å². The Labute approximate surface area is 68.2 Å². The topological polar surface area (TPSA) is 17.1 Å². The molecule has 2 fully saturated rings. The third kappa shape index (κ3) is 0.800. The fourth-order valence-corrected chi connectivity index (χ4v) is 2.73. The fourth-order valence-electron chi connectivity index (χ4n) is 2.73. The van der Waals surface area contributed by atoms with Crippen LogP contribution < -0.4 is 0 Å². The number of carbonyl (C=O) groups is 1. The molecule has 2 rings (SSSR count). The van der Waals surface area contributed by atoms with Crippen molar-refractivity contribution in [2.75, 3.05) is 0 Å². The quantitative estimate of drug-likeness (QED) is 0.521. The van der Waals surface area contributed by atoms with Crippen molar-refractivity contribution >= 4 is 5.78 Å². The summed E-state index contributed by atoms with van der Waals surface area (Å²) < 4.78 is 0. The molecule has 0 N–H and O–H groups in total. The molecule has 0 bridgehead atoms. The zero-order valence-corrected chi connectivity index (χ0v) is 7.39. The molecule has 2 aliphatic carbocycles. The van der Waals surface area contributed by atoms with Crippen molar-refractivity contribution in [3.05, 3.63) is 0 Å². The number of hydrogen-bond acceptors (Lipinski definition) is 1. The fraction of sp³-hybridized carbons (Fsp3) is 0.900. The smallest absolute Gasteiger partial charge is 0.136 e. The zero-order chi connectivity index (χ0) is 8.06. The molecule has 1 unspecified atom stereocenters. The molecule has 0 saturated heterocycles. The minimum atomic E-state index is 0.398. The molecule has 0 heterocycles. The van der Waals surface area contributed by atoms with Gasteiger partial charge in [0.05, 0.1) is 0 Å².